The molecule has 1 aliphatic rings. The molecule has 0 bridgehead atoms. The summed E-state index contributed by atoms with van der Waals surface area (Å²) in [5, 5.41) is 19.3. The van der Waals surface area contributed by atoms with Crippen molar-refractivity contribution in [2.45, 2.75) is 25.7 Å². The lowest BCUT2D eigenvalue weighted by atomic mass is 9.97. The highest BCUT2D eigenvalue weighted by Gasteiger charge is 2.16. The number of aryl methyl sites for hydroxylation is 1. The van der Waals surface area contributed by atoms with Gasteiger partial charge in [0.15, 0.2) is 17.3 Å². The molecule has 2 N–H and O–H groups in total. The van der Waals surface area contributed by atoms with Crippen molar-refractivity contribution in [3.8, 4) is 11.5 Å². The maximum atomic E-state index is 12.0. The lowest BCUT2D eigenvalue weighted by Crippen LogP contribution is -2.08. The highest BCUT2D eigenvalue weighted by atomic mass is 16.5. The number of allylic oxidation sites excluding steroid dienone is 3. The number of methoxy groups -OCH3 is 1. The third-order valence-corrected chi connectivity index (χ3v) is 3.31. The Bertz CT molecular complexity index is 570. The summed E-state index contributed by atoms with van der Waals surface area (Å²) in [6.45, 7) is 0. The number of rotatable bonds is 5. The van der Waals surface area contributed by atoms with Gasteiger partial charge < -0.3 is 14.9 Å². The quantitative estimate of drug-likeness (QED) is 0.866. The zero-order chi connectivity index (χ0) is 14.5. The highest BCUT2D eigenvalue weighted by Crippen LogP contribution is 2.27. The van der Waals surface area contributed by atoms with Crippen LogP contribution in [0.2, 0.25) is 0 Å². The van der Waals surface area contributed by atoms with E-state index in [1.165, 1.54) is 7.11 Å². The van der Waals surface area contributed by atoms with E-state index in [0.29, 0.717) is 24.2 Å². The molecule has 0 heterocycles. The van der Waals surface area contributed by atoms with E-state index in [2.05, 4.69) is 0 Å². The Hall–Kier alpha value is -2.23. The van der Waals surface area contributed by atoms with Crippen LogP contribution in [0.4, 0.5) is 0 Å². The fourth-order valence-electron chi connectivity index (χ4n) is 2.20. The summed E-state index contributed by atoms with van der Waals surface area (Å²) in [7, 11) is 1.49. The lowest BCUT2D eigenvalue weighted by Gasteiger charge is -2.10. The number of carbonyl (C=O) groups is 1. The normalized spacial score (nSPS) is 14.4. The van der Waals surface area contributed by atoms with E-state index in [0.717, 1.165) is 18.4 Å². The molecule has 0 saturated heterocycles. The molecule has 0 fully saturated rings. The lowest BCUT2D eigenvalue weighted by molar-refractivity contribution is -0.115. The Labute approximate surface area is 118 Å². The Balaban J connectivity index is 1.98. The number of Topliss-reactive ketones (excluding diaryl/α,β-unsaturated/α-hetero) is 1. The number of carbonyl (C=O) groups excluding carboxylic acids is 1. The molecule has 4 heteroatoms. The van der Waals surface area contributed by atoms with Gasteiger partial charge in [-0.2, -0.15) is 0 Å². The van der Waals surface area contributed by atoms with Crippen LogP contribution in [0.1, 0.15) is 24.8 Å². The molecule has 2 rings (SSSR count). The van der Waals surface area contributed by atoms with Gasteiger partial charge in [0.25, 0.3) is 0 Å². The SMILES string of the molecule is COc1ccc(CCC(=O)C2=CCCC=C2O)cc1O. The molecule has 0 aliphatic heterocycles. The van der Waals surface area contributed by atoms with Gasteiger partial charge in [-0.25, -0.2) is 0 Å². The van der Waals surface area contributed by atoms with Crippen molar-refractivity contribution < 1.29 is 19.7 Å². The van der Waals surface area contributed by atoms with Gasteiger partial charge >= 0.3 is 0 Å². The van der Waals surface area contributed by atoms with Crippen LogP contribution in [-0.4, -0.2) is 23.1 Å². The van der Waals surface area contributed by atoms with Crippen molar-refractivity contribution in [3.63, 3.8) is 0 Å². The number of phenols is 1. The first-order valence-electron chi connectivity index (χ1n) is 6.60. The number of aliphatic hydroxyl groups excluding tert-OH is 1. The Morgan fingerprint density at radius 2 is 2.00 bits per heavy atom. The fourth-order valence-corrected chi connectivity index (χ4v) is 2.20. The number of hydrogen-bond acceptors (Lipinski definition) is 4. The second-order valence-electron chi connectivity index (χ2n) is 4.71. The van der Waals surface area contributed by atoms with Crippen molar-refractivity contribution in [3.05, 3.63) is 47.2 Å². The van der Waals surface area contributed by atoms with Gasteiger partial charge in [0.1, 0.15) is 5.76 Å². The van der Waals surface area contributed by atoms with Gasteiger partial charge in [0.05, 0.1) is 12.7 Å². The van der Waals surface area contributed by atoms with E-state index in [1.54, 1.807) is 24.3 Å². The molecule has 0 aromatic heterocycles. The van der Waals surface area contributed by atoms with Crippen molar-refractivity contribution in [1.82, 2.24) is 0 Å². The van der Waals surface area contributed by atoms with Crippen molar-refractivity contribution in [2.24, 2.45) is 0 Å². The molecule has 1 aromatic carbocycles. The molecule has 106 valence electrons. The number of ether oxygens (including phenoxy) is 1. The summed E-state index contributed by atoms with van der Waals surface area (Å²) in [4.78, 5) is 12.0. The van der Waals surface area contributed by atoms with Gasteiger partial charge in [-0.3, -0.25) is 4.79 Å². The van der Waals surface area contributed by atoms with E-state index in [4.69, 9.17) is 4.74 Å². The van der Waals surface area contributed by atoms with Crippen LogP contribution in [0.3, 0.4) is 0 Å². The van der Waals surface area contributed by atoms with Crippen LogP contribution in [-0.2, 0) is 11.2 Å². The molecule has 1 aromatic rings. The molecule has 1 aliphatic carbocycles. The highest BCUT2D eigenvalue weighted by molar-refractivity contribution is 5.99. The Kier molecular flexibility index (Phi) is 4.45. The van der Waals surface area contributed by atoms with E-state index < -0.39 is 0 Å². The molecule has 0 saturated carbocycles. The second kappa shape index (κ2) is 6.28. The maximum absolute atomic E-state index is 12.0. The molecular formula is C16H18O4. The van der Waals surface area contributed by atoms with Crippen molar-refractivity contribution in [2.75, 3.05) is 7.11 Å². The molecule has 0 spiro atoms. The van der Waals surface area contributed by atoms with Crippen LogP contribution in [0, 0.1) is 0 Å². The minimum absolute atomic E-state index is 0.0667. The van der Waals surface area contributed by atoms with Crippen LogP contribution in [0.25, 0.3) is 0 Å². The molecule has 20 heavy (non-hydrogen) atoms. The third-order valence-electron chi connectivity index (χ3n) is 3.31. The summed E-state index contributed by atoms with van der Waals surface area (Å²) >= 11 is 0. The number of benzene rings is 1. The first-order valence-corrected chi connectivity index (χ1v) is 6.60. The summed E-state index contributed by atoms with van der Waals surface area (Å²) < 4.78 is 4.97. The average Bonchev–Trinajstić information content (AvgIpc) is 2.45. The van der Waals surface area contributed by atoms with Crippen LogP contribution < -0.4 is 4.74 Å². The molecule has 4 nitrogen and oxygen atoms in total. The van der Waals surface area contributed by atoms with Crippen LogP contribution in [0.5, 0.6) is 11.5 Å². The predicted octanol–water partition coefficient (Wildman–Crippen LogP) is 3.06. The van der Waals surface area contributed by atoms with E-state index in [9.17, 15) is 15.0 Å². The van der Waals surface area contributed by atoms with Gasteiger partial charge in [0.2, 0.25) is 0 Å². The summed E-state index contributed by atoms with van der Waals surface area (Å²) in [5.74, 6) is 0.486. The molecular weight excluding hydrogens is 256 g/mol. The van der Waals surface area contributed by atoms with Crippen molar-refractivity contribution in [1.29, 1.82) is 0 Å². The monoisotopic (exact) mass is 274 g/mol. The van der Waals surface area contributed by atoms with Gasteiger partial charge in [0, 0.05) is 6.42 Å². The Morgan fingerprint density at radius 3 is 2.65 bits per heavy atom. The zero-order valence-corrected chi connectivity index (χ0v) is 11.4. The third kappa shape index (κ3) is 3.20. The second-order valence-corrected chi connectivity index (χ2v) is 4.71. The van der Waals surface area contributed by atoms with Crippen molar-refractivity contribution >= 4 is 5.78 Å². The maximum Gasteiger partial charge on any atom is 0.166 e. The van der Waals surface area contributed by atoms with E-state index in [-0.39, 0.29) is 17.3 Å². The predicted molar refractivity (Wildman–Crippen MR) is 76.0 cm³/mol. The summed E-state index contributed by atoms with van der Waals surface area (Å²) in [6.07, 6.45) is 5.83. The number of aromatic hydroxyl groups is 1. The smallest absolute Gasteiger partial charge is 0.166 e. The van der Waals surface area contributed by atoms with Crippen LogP contribution in [0.15, 0.2) is 41.7 Å². The minimum atomic E-state index is -0.0752. The average molecular weight is 274 g/mol. The number of aliphatic hydroxyl groups is 1. The molecule has 0 unspecified atom stereocenters. The topological polar surface area (TPSA) is 66.8 Å². The van der Waals surface area contributed by atoms with Gasteiger partial charge in [-0.05, 0) is 43.0 Å². The van der Waals surface area contributed by atoms with E-state index in [1.807, 2.05) is 6.07 Å². The molecule has 0 radical (unpaired) electrons. The first-order chi connectivity index (χ1) is 9.61. The molecule has 0 amide bonds. The number of phenolic OH excluding ortho intramolecular Hbond substituents is 1. The minimum Gasteiger partial charge on any atom is -0.508 e. The molecule has 0 atom stereocenters. The standard InChI is InChI=1S/C16H18O4/c1-20-16-9-7-11(10-15(16)19)6-8-14(18)12-4-2-3-5-13(12)17/h4-5,7,9-10,17,19H,2-3,6,8H2,1H3. The number of ketones is 1. The van der Waals surface area contributed by atoms with Gasteiger partial charge in [-0.1, -0.05) is 12.1 Å². The summed E-state index contributed by atoms with van der Waals surface area (Å²) in [6, 6.07) is 5.08. The zero-order valence-electron chi connectivity index (χ0n) is 11.4. The fraction of sp³-hybridized carbons (Fsp3) is 0.312. The summed E-state index contributed by atoms with van der Waals surface area (Å²) in [5.41, 5.74) is 1.27. The number of hydrogen-bond donors (Lipinski definition) is 2. The van der Waals surface area contributed by atoms with Crippen LogP contribution >= 0.6 is 0 Å². The van der Waals surface area contributed by atoms with E-state index >= 15 is 0 Å². The Morgan fingerprint density at radius 1 is 1.25 bits per heavy atom. The first kappa shape index (κ1) is 14.2. The van der Waals surface area contributed by atoms with Gasteiger partial charge in [-0.15, -0.1) is 0 Å². The largest absolute Gasteiger partial charge is 0.508 e.